The minimum atomic E-state index is -0.251. The van der Waals surface area contributed by atoms with Gasteiger partial charge in [-0.3, -0.25) is 10.1 Å². The standard InChI is InChI=1S/C17H14ClN3OS/c1-10-3-5-12(6-4-10)15-11(2)23-17(20-15)21-16(22)13-7-8-19-14(18)9-13/h3-9H,1-2H3,(H,20,21,22). The van der Waals surface area contributed by atoms with E-state index in [1.807, 2.05) is 38.1 Å². The number of pyridine rings is 1. The molecule has 116 valence electrons. The Bertz CT molecular complexity index is 859. The molecule has 0 saturated carbocycles. The third kappa shape index (κ3) is 3.57. The minimum Gasteiger partial charge on any atom is -0.298 e. The molecule has 0 aliphatic carbocycles. The van der Waals surface area contributed by atoms with Crippen LogP contribution in [-0.2, 0) is 0 Å². The van der Waals surface area contributed by atoms with Gasteiger partial charge in [-0.05, 0) is 26.0 Å². The number of rotatable bonds is 3. The van der Waals surface area contributed by atoms with Crippen LogP contribution in [-0.4, -0.2) is 15.9 Å². The van der Waals surface area contributed by atoms with Gasteiger partial charge in [0.15, 0.2) is 5.13 Å². The number of carbonyl (C=O) groups excluding carboxylic acids is 1. The maximum Gasteiger partial charge on any atom is 0.257 e. The largest absolute Gasteiger partial charge is 0.298 e. The lowest BCUT2D eigenvalue weighted by atomic mass is 10.1. The molecule has 0 bridgehead atoms. The Labute approximate surface area is 143 Å². The Hall–Kier alpha value is -2.24. The smallest absolute Gasteiger partial charge is 0.257 e. The first-order chi connectivity index (χ1) is 11.0. The summed E-state index contributed by atoms with van der Waals surface area (Å²) in [7, 11) is 0. The van der Waals surface area contributed by atoms with E-state index >= 15 is 0 Å². The summed E-state index contributed by atoms with van der Waals surface area (Å²) in [6, 6.07) is 11.3. The van der Waals surface area contributed by atoms with Crippen molar-refractivity contribution in [3.05, 3.63) is 63.8 Å². The van der Waals surface area contributed by atoms with Crippen molar-refractivity contribution in [1.82, 2.24) is 9.97 Å². The average Bonchev–Trinajstić information content (AvgIpc) is 2.88. The van der Waals surface area contributed by atoms with Gasteiger partial charge in [0, 0.05) is 22.2 Å². The van der Waals surface area contributed by atoms with Crippen molar-refractivity contribution in [1.29, 1.82) is 0 Å². The van der Waals surface area contributed by atoms with Crippen LogP contribution in [0, 0.1) is 13.8 Å². The quantitative estimate of drug-likeness (QED) is 0.699. The molecular formula is C17H14ClN3OS. The number of nitrogens with one attached hydrogen (secondary N) is 1. The summed E-state index contributed by atoms with van der Waals surface area (Å²) in [5.41, 5.74) is 3.58. The summed E-state index contributed by atoms with van der Waals surface area (Å²) in [4.78, 5) is 21.7. The van der Waals surface area contributed by atoms with Gasteiger partial charge in [0.2, 0.25) is 0 Å². The summed E-state index contributed by atoms with van der Waals surface area (Å²) in [6.45, 7) is 4.04. The lowest BCUT2D eigenvalue weighted by Gasteiger charge is -2.01. The van der Waals surface area contributed by atoms with Crippen molar-refractivity contribution in [2.24, 2.45) is 0 Å². The normalized spacial score (nSPS) is 10.6. The number of aromatic nitrogens is 2. The molecule has 3 rings (SSSR count). The molecule has 0 spiro atoms. The summed E-state index contributed by atoms with van der Waals surface area (Å²) in [6.07, 6.45) is 1.50. The second-order valence-electron chi connectivity index (χ2n) is 5.11. The van der Waals surface area contributed by atoms with E-state index in [0.717, 1.165) is 16.1 Å². The molecule has 0 unspecified atom stereocenters. The third-order valence-electron chi connectivity index (χ3n) is 3.33. The van der Waals surface area contributed by atoms with Crippen molar-refractivity contribution in [3.8, 4) is 11.3 Å². The molecule has 3 aromatic rings. The fourth-order valence-corrected chi connectivity index (χ4v) is 3.15. The van der Waals surface area contributed by atoms with E-state index in [4.69, 9.17) is 11.6 Å². The van der Waals surface area contributed by atoms with Gasteiger partial charge >= 0.3 is 0 Å². The van der Waals surface area contributed by atoms with E-state index in [1.165, 1.54) is 29.2 Å². The zero-order valence-corrected chi connectivity index (χ0v) is 14.2. The minimum absolute atomic E-state index is 0.251. The van der Waals surface area contributed by atoms with Gasteiger partial charge < -0.3 is 0 Å². The predicted octanol–water partition coefficient (Wildman–Crippen LogP) is 4.73. The van der Waals surface area contributed by atoms with Crippen molar-refractivity contribution < 1.29 is 4.79 Å². The SMILES string of the molecule is Cc1ccc(-c2nc(NC(=O)c3ccnc(Cl)c3)sc2C)cc1. The fourth-order valence-electron chi connectivity index (χ4n) is 2.14. The van der Waals surface area contributed by atoms with Gasteiger partial charge in [-0.25, -0.2) is 9.97 Å². The Balaban J connectivity index is 1.83. The number of nitrogens with zero attached hydrogens (tertiary/aromatic N) is 2. The summed E-state index contributed by atoms with van der Waals surface area (Å²) < 4.78 is 0. The number of aryl methyl sites for hydroxylation is 2. The molecule has 0 fully saturated rings. The Morgan fingerprint density at radius 1 is 1.17 bits per heavy atom. The summed E-state index contributed by atoms with van der Waals surface area (Å²) >= 11 is 7.26. The number of amides is 1. The van der Waals surface area contributed by atoms with Gasteiger partial charge in [-0.2, -0.15) is 0 Å². The first kappa shape index (κ1) is 15.6. The van der Waals surface area contributed by atoms with Crippen molar-refractivity contribution in [2.45, 2.75) is 13.8 Å². The van der Waals surface area contributed by atoms with Crippen LogP contribution in [0.15, 0.2) is 42.6 Å². The number of anilines is 1. The molecule has 6 heteroatoms. The lowest BCUT2D eigenvalue weighted by Crippen LogP contribution is -2.11. The Morgan fingerprint density at radius 2 is 1.91 bits per heavy atom. The molecule has 0 atom stereocenters. The molecule has 0 aliphatic rings. The van der Waals surface area contributed by atoms with Crippen LogP contribution < -0.4 is 5.32 Å². The molecular weight excluding hydrogens is 330 g/mol. The first-order valence-corrected chi connectivity index (χ1v) is 8.20. The van der Waals surface area contributed by atoms with Crippen LogP contribution in [0.4, 0.5) is 5.13 Å². The van der Waals surface area contributed by atoms with E-state index in [2.05, 4.69) is 15.3 Å². The monoisotopic (exact) mass is 343 g/mol. The van der Waals surface area contributed by atoms with Crippen LogP contribution in [0.3, 0.4) is 0 Å². The number of hydrogen-bond acceptors (Lipinski definition) is 4. The molecule has 0 aliphatic heterocycles. The first-order valence-electron chi connectivity index (χ1n) is 7.00. The van der Waals surface area contributed by atoms with Gasteiger partial charge in [0.1, 0.15) is 5.15 Å². The second kappa shape index (κ2) is 6.48. The Morgan fingerprint density at radius 3 is 2.61 bits per heavy atom. The van der Waals surface area contributed by atoms with Crippen molar-refractivity contribution >= 4 is 34.0 Å². The van der Waals surface area contributed by atoms with E-state index in [9.17, 15) is 4.79 Å². The summed E-state index contributed by atoms with van der Waals surface area (Å²) in [5.74, 6) is -0.251. The average molecular weight is 344 g/mol. The van der Waals surface area contributed by atoms with Crippen LogP contribution in [0.2, 0.25) is 5.15 Å². The highest BCUT2D eigenvalue weighted by atomic mass is 35.5. The van der Waals surface area contributed by atoms with E-state index in [-0.39, 0.29) is 11.1 Å². The molecule has 2 aromatic heterocycles. The van der Waals surface area contributed by atoms with Crippen LogP contribution in [0.25, 0.3) is 11.3 Å². The van der Waals surface area contributed by atoms with Gasteiger partial charge in [0.05, 0.1) is 5.69 Å². The van der Waals surface area contributed by atoms with Gasteiger partial charge in [-0.15, -0.1) is 11.3 Å². The molecule has 2 heterocycles. The van der Waals surface area contributed by atoms with Gasteiger partial charge in [-0.1, -0.05) is 41.4 Å². The van der Waals surface area contributed by atoms with Crippen LogP contribution in [0.5, 0.6) is 0 Å². The molecule has 4 nitrogen and oxygen atoms in total. The number of thiazole rings is 1. The summed E-state index contributed by atoms with van der Waals surface area (Å²) in [5, 5.41) is 3.66. The maximum atomic E-state index is 12.2. The molecule has 23 heavy (non-hydrogen) atoms. The lowest BCUT2D eigenvalue weighted by molar-refractivity contribution is 0.102. The van der Waals surface area contributed by atoms with Crippen LogP contribution in [0.1, 0.15) is 20.8 Å². The molecule has 0 saturated heterocycles. The second-order valence-corrected chi connectivity index (χ2v) is 6.70. The highest BCUT2D eigenvalue weighted by Crippen LogP contribution is 2.30. The highest BCUT2D eigenvalue weighted by Gasteiger charge is 2.13. The maximum absolute atomic E-state index is 12.2. The topological polar surface area (TPSA) is 54.9 Å². The third-order valence-corrected chi connectivity index (χ3v) is 4.42. The Kier molecular flexibility index (Phi) is 4.41. The van der Waals surface area contributed by atoms with Crippen molar-refractivity contribution in [2.75, 3.05) is 5.32 Å². The van der Waals surface area contributed by atoms with Crippen molar-refractivity contribution in [3.63, 3.8) is 0 Å². The number of hydrogen-bond donors (Lipinski definition) is 1. The zero-order chi connectivity index (χ0) is 16.4. The molecule has 0 radical (unpaired) electrons. The highest BCUT2D eigenvalue weighted by molar-refractivity contribution is 7.16. The number of carbonyl (C=O) groups is 1. The van der Waals surface area contributed by atoms with Crippen LogP contribution >= 0.6 is 22.9 Å². The number of benzene rings is 1. The van der Waals surface area contributed by atoms with E-state index in [1.54, 1.807) is 6.07 Å². The van der Waals surface area contributed by atoms with E-state index < -0.39 is 0 Å². The number of halogens is 1. The molecule has 1 amide bonds. The predicted molar refractivity (Wildman–Crippen MR) is 94.2 cm³/mol. The fraction of sp³-hybridized carbons (Fsp3) is 0.118. The molecule has 1 N–H and O–H groups in total. The zero-order valence-electron chi connectivity index (χ0n) is 12.6. The molecule has 1 aromatic carbocycles. The van der Waals surface area contributed by atoms with Gasteiger partial charge in [0.25, 0.3) is 5.91 Å². The van der Waals surface area contributed by atoms with E-state index in [0.29, 0.717) is 10.7 Å².